The molecule has 16 heavy (non-hydrogen) atoms. The molecule has 1 aromatic carbocycles. The lowest BCUT2D eigenvalue weighted by Gasteiger charge is -2.04. The standard InChI is InChI=1S/C13H14N2O/c1-9-3-5-12-7-11(8-14-10(2)16)4-6-13(12)15-9/h3-7H,8H2,1-2H3,(H,14,16). The summed E-state index contributed by atoms with van der Waals surface area (Å²) in [5, 5.41) is 3.88. The van der Waals surface area contributed by atoms with E-state index in [0.717, 1.165) is 22.2 Å². The fourth-order valence-corrected chi connectivity index (χ4v) is 1.61. The normalized spacial score (nSPS) is 10.4. The van der Waals surface area contributed by atoms with Crippen LogP contribution in [0.3, 0.4) is 0 Å². The van der Waals surface area contributed by atoms with Crippen molar-refractivity contribution in [1.29, 1.82) is 0 Å². The van der Waals surface area contributed by atoms with E-state index in [-0.39, 0.29) is 5.91 Å². The fourth-order valence-electron chi connectivity index (χ4n) is 1.61. The molecular weight excluding hydrogens is 200 g/mol. The van der Waals surface area contributed by atoms with Gasteiger partial charge in [0, 0.05) is 24.5 Å². The third-order valence-electron chi connectivity index (χ3n) is 2.43. The molecule has 0 aliphatic heterocycles. The predicted octanol–water partition coefficient (Wildman–Crippen LogP) is 2.18. The van der Waals surface area contributed by atoms with E-state index in [1.807, 2.05) is 25.1 Å². The van der Waals surface area contributed by atoms with Gasteiger partial charge in [0.1, 0.15) is 0 Å². The quantitative estimate of drug-likeness (QED) is 0.832. The number of amides is 1. The number of pyridine rings is 1. The average Bonchev–Trinajstić information content (AvgIpc) is 2.26. The molecule has 1 aromatic heterocycles. The Balaban J connectivity index is 2.30. The second-order valence-corrected chi connectivity index (χ2v) is 3.89. The zero-order valence-electron chi connectivity index (χ0n) is 9.45. The van der Waals surface area contributed by atoms with Gasteiger partial charge in [0.15, 0.2) is 0 Å². The maximum atomic E-state index is 10.8. The van der Waals surface area contributed by atoms with Crippen molar-refractivity contribution < 1.29 is 4.79 Å². The number of nitrogens with zero attached hydrogens (tertiary/aromatic N) is 1. The van der Waals surface area contributed by atoms with Crippen LogP contribution in [0.25, 0.3) is 10.9 Å². The number of aryl methyl sites for hydroxylation is 1. The molecule has 3 nitrogen and oxygen atoms in total. The highest BCUT2D eigenvalue weighted by Gasteiger charge is 1.99. The van der Waals surface area contributed by atoms with E-state index in [4.69, 9.17) is 0 Å². The summed E-state index contributed by atoms with van der Waals surface area (Å²) < 4.78 is 0. The highest BCUT2D eigenvalue weighted by Crippen LogP contribution is 2.14. The monoisotopic (exact) mass is 214 g/mol. The Morgan fingerprint density at radius 3 is 2.88 bits per heavy atom. The van der Waals surface area contributed by atoms with Crippen molar-refractivity contribution in [3.05, 3.63) is 41.6 Å². The molecule has 0 atom stereocenters. The first-order valence-corrected chi connectivity index (χ1v) is 5.26. The van der Waals surface area contributed by atoms with Crippen LogP contribution in [-0.4, -0.2) is 10.9 Å². The Morgan fingerprint density at radius 2 is 2.12 bits per heavy atom. The number of hydrogen-bond donors (Lipinski definition) is 1. The van der Waals surface area contributed by atoms with Gasteiger partial charge in [-0.3, -0.25) is 9.78 Å². The van der Waals surface area contributed by atoms with Crippen LogP contribution in [0.5, 0.6) is 0 Å². The van der Waals surface area contributed by atoms with E-state index in [2.05, 4.69) is 22.4 Å². The molecule has 1 amide bonds. The Bertz CT molecular complexity index is 534. The van der Waals surface area contributed by atoms with Crippen LogP contribution < -0.4 is 5.32 Å². The summed E-state index contributed by atoms with van der Waals surface area (Å²) >= 11 is 0. The zero-order chi connectivity index (χ0) is 11.5. The maximum absolute atomic E-state index is 10.8. The number of fused-ring (bicyclic) bond motifs is 1. The van der Waals surface area contributed by atoms with Gasteiger partial charge in [-0.2, -0.15) is 0 Å². The summed E-state index contributed by atoms with van der Waals surface area (Å²) in [7, 11) is 0. The molecule has 0 spiro atoms. The number of rotatable bonds is 2. The summed E-state index contributed by atoms with van der Waals surface area (Å²) in [6.07, 6.45) is 0. The van der Waals surface area contributed by atoms with Crippen molar-refractivity contribution in [2.75, 3.05) is 0 Å². The lowest BCUT2D eigenvalue weighted by molar-refractivity contribution is -0.119. The Hall–Kier alpha value is -1.90. The van der Waals surface area contributed by atoms with Crippen LogP contribution in [0.4, 0.5) is 0 Å². The smallest absolute Gasteiger partial charge is 0.217 e. The fraction of sp³-hybridized carbons (Fsp3) is 0.231. The first-order chi connectivity index (χ1) is 7.65. The summed E-state index contributed by atoms with van der Waals surface area (Å²) in [6.45, 7) is 4.07. The van der Waals surface area contributed by atoms with Gasteiger partial charge in [-0.05, 0) is 30.7 Å². The summed E-state index contributed by atoms with van der Waals surface area (Å²) in [6, 6.07) is 10.1. The lowest BCUT2D eigenvalue weighted by Crippen LogP contribution is -2.18. The van der Waals surface area contributed by atoms with E-state index < -0.39 is 0 Å². The highest BCUT2D eigenvalue weighted by atomic mass is 16.1. The van der Waals surface area contributed by atoms with Crippen molar-refractivity contribution in [1.82, 2.24) is 10.3 Å². The van der Waals surface area contributed by atoms with Crippen molar-refractivity contribution in [2.24, 2.45) is 0 Å². The van der Waals surface area contributed by atoms with Crippen LogP contribution >= 0.6 is 0 Å². The number of carbonyl (C=O) groups is 1. The summed E-state index contributed by atoms with van der Waals surface area (Å²) in [4.78, 5) is 15.2. The second-order valence-electron chi connectivity index (χ2n) is 3.89. The molecule has 0 saturated heterocycles. The molecule has 1 heterocycles. The van der Waals surface area contributed by atoms with Gasteiger partial charge in [0.25, 0.3) is 0 Å². The number of nitrogens with one attached hydrogen (secondary N) is 1. The third kappa shape index (κ3) is 2.37. The number of hydrogen-bond acceptors (Lipinski definition) is 2. The van der Waals surface area contributed by atoms with Gasteiger partial charge in [0.2, 0.25) is 5.91 Å². The Labute approximate surface area is 94.5 Å². The van der Waals surface area contributed by atoms with Gasteiger partial charge >= 0.3 is 0 Å². The van der Waals surface area contributed by atoms with Gasteiger partial charge in [-0.1, -0.05) is 12.1 Å². The average molecular weight is 214 g/mol. The number of aromatic nitrogens is 1. The molecule has 0 bridgehead atoms. The van der Waals surface area contributed by atoms with E-state index in [1.54, 1.807) is 0 Å². The molecule has 1 N–H and O–H groups in total. The van der Waals surface area contributed by atoms with Crippen molar-refractivity contribution in [2.45, 2.75) is 20.4 Å². The van der Waals surface area contributed by atoms with Crippen LogP contribution in [-0.2, 0) is 11.3 Å². The van der Waals surface area contributed by atoms with Crippen molar-refractivity contribution in [3.8, 4) is 0 Å². The SMILES string of the molecule is CC(=O)NCc1ccc2nc(C)ccc2c1. The van der Waals surface area contributed by atoms with Crippen LogP contribution in [0, 0.1) is 6.92 Å². The number of benzene rings is 1. The summed E-state index contributed by atoms with van der Waals surface area (Å²) in [5.74, 6) is -0.0119. The van der Waals surface area contributed by atoms with Gasteiger partial charge in [-0.25, -0.2) is 0 Å². The molecule has 0 aliphatic carbocycles. The molecule has 0 unspecified atom stereocenters. The second kappa shape index (κ2) is 4.31. The first kappa shape index (κ1) is 10.6. The minimum Gasteiger partial charge on any atom is -0.352 e. The number of carbonyl (C=O) groups excluding carboxylic acids is 1. The molecule has 0 aliphatic rings. The first-order valence-electron chi connectivity index (χ1n) is 5.26. The molecule has 2 aromatic rings. The van der Waals surface area contributed by atoms with E-state index >= 15 is 0 Å². The zero-order valence-corrected chi connectivity index (χ0v) is 9.45. The van der Waals surface area contributed by atoms with Gasteiger partial charge in [0.05, 0.1) is 5.52 Å². The molecular formula is C13H14N2O. The van der Waals surface area contributed by atoms with Gasteiger partial charge < -0.3 is 5.32 Å². The van der Waals surface area contributed by atoms with E-state index in [0.29, 0.717) is 6.54 Å². The summed E-state index contributed by atoms with van der Waals surface area (Å²) in [5.41, 5.74) is 3.10. The highest BCUT2D eigenvalue weighted by molar-refractivity contribution is 5.79. The minimum atomic E-state index is -0.0119. The largest absolute Gasteiger partial charge is 0.352 e. The van der Waals surface area contributed by atoms with E-state index in [1.165, 1.54) is 6.92 Å². The Morgan fingerprint density at radius 1 is 1.31 bits per heavy atom. The topological polar surface area (TPSA) is 42.0 Å². The minimum absolute atomic E-state index is 0.0119. The maximum Gasteiger partial charge on any atom is 0.217 e. The van der Waals surface area contributed by atoms with Gasteiger partial charge in [-0.15, -0.1) is 0 Å². The molecule has 2 rings (SSSR count). The molecule has 0 fully saturated rings. The van der Waals surface area contributed by atoms with E-state index in [9.17, 15) is 4.79 Å². The van der Waals surface area contributed by atoms with Crippen LogP contribution in [0.1, 0.15) is 18.2 Å². The molecule has 0 saturated carbocycles. The molecule has 0 radical (unpaired) electrons. The van der Waals surface area contributed by atoms with Crippen LogP contribution in [0.2, 0.25) is 0 Å². The Kier molecular flexibility index (Phi) is 2.86. The molecule has 3 heteroatoms. The third-order valence-corrected chi connectivity index (χ3v) is 2.43. The van der Waals surface area contributed by atoms with Crippen LogP contribution in [0.15, 0.2) is 30.3 Å². The molecule has 82 valence electrons. The lowest BCUT2D eigenvalue weighted by atomic mass is 10.1. The van der Waals surface area contributed by atoms with Crippen molar-refractivity contribution >= 4 is 16.8 Å². The van der Waals surface area contributed by atoms with Crippen molar-refractivity contribution in [3.63, 3.8) is 0 Å². The predicted molar refractivity (Wildman–Crippen MR) is 64.0 cm³/mol.